The number of halogens is 4. The van der Waals surface area contributed by atoms with Gasteiger partial charge >= 0.3 is 6.03 Å². The monoisotopic (exact) mass is 718 g/mol. The van der Waals surface area contributed by atoms with Gasteiger partial charge in [0.2, 0.25) is 0 Å². The normalized spacial score (nSPS) is 14.6. The Morgan fingerprint density at radius 1 is 1.00 bits per heavy atom. The minimum absolute atomic E-state index is 0.220. The van der Waals surface area contributed by atoms with Gasteiger partial charge in [0.25, 0.3) is 5.91 Å². The minimum Gasteiger partial charge on any atom is -0.487 e. The summed E-state index contributed by atoms with van der Waals surface area (Å²) in [4.78, 5) is 26.5. The molecule has 4 rings (SSSR count). The molecule has 0 bridgehead atoms. The number of rotatable bonds is 6. The van der Waals surface area contributed by atoms with Gasteiger partial charge in [-0.3, -0.25) is 9.69 Å². The first-order chi connectivity index (χ1) is 16.2. The molecule has 0 aromatic heterocycles. The molecular weight excluding hydrogens is 701 g/mol. The summed E-state index contributed by atoms with van der Waals surface area (Å²) in [6.45, 7) is 2.51. The molecule has 34 heavy (non-hydrogen) atoms. The molecule has 1 aliphatic heterocycles. The highest BCUT2D eigenvalue weighted by Crippen LogP contribution is 2.32. The number of hydrogen-bond acceptors (Lipinski definition) is 3. The topological polar surface area (TPSA) is 58.6 Å². The van der Waals surface area contributed by atoms with Crippen LogP contribution in [0.15, 0.2) is 60.3 Å². The largest absolute Gasteiger partial charge is 0.487 e. The number of carbonyl (C=O) groups is 2. The summed E-state index contributed by atoms with van der Waals surface area (Å²) in [6, 6.07) is 16.4. The van der Waals surface area contributed by atoms with Crippen LogP contribution in [0.3, 0.4) is 0 Å². The van der Waals surface area contributed by atoms with Gasteiger partial charge in [0.05, 0.1) is 13.7 Å². The molecule has 0 spiro atoms. The first-order valence-electron chi connectivity index (χ1n) is 10.2. The maximum atomic E-state index is 12.9. The Labute approximate surface area is 234 Å². The average molecular weight is 719 g/mol. The Bertz CT molecular complexity index is 1290. The lowest BCUT2D eigenvalue weighted by Crippen LogP contribution is -2.30. The van der Waals surface area contributed by atoms with Gasteiger partial charge in [0.1, 0.15) is 18.1 Å². The second kappa shape index (κ2) is 10.8. The van der Waals surface area contributed by atoms with Gasteiger partial charge in [-0.05, 0) is 93.6 Å². The Hall–Kier alpha value is -1.82. The van der Waals surface area contributed by atoms with Crippen molar-refractivity contribution >= 4 is 86.4 Å². The molecule has 9 heteroatoms. The third kappa shape index (κ3) is 5.87. The van der Waals surface area contributed by atoms with Crippen molar-refractivity contribution in [2.24, 2.45) is 0 Å². The van der Waals surface area contributed by atoms with Gasteiger partial charge in [0, 0.05) is 15.6 Å². The fourth-order valence-corrected chi connectivity index (χ4v) is 5.94. The maximum Gasteiger partial charge on any atom is 0.329 e. The van der Waals surface area contributed by atoms with E-state index in [0.717, 1.165) is 35.1 Å². The number of hydrogen-bond donors (Lipinski definition) is 1. The number of aryl methyl sites for hydroxylation is 1. The van der Waals surface area contributed by atoms with E-state index >= 15 is 0 Å². The average Bonchev–Trinajstić information content (AvgIpc) is 3.03. The van der Waals surface area contributed by atoms with Gasteiger partial charge in [0.15, 0.2) is 0 Å². The molecular formula is C25H18Cl2I2N2O3. The Morgan fingerprint density at radius 2 is 1.68 bits per heavy atom. The van der Waals surface area contributed by atoms with E-state index in [1.807, 2.05) is 49.4 Å². The van der Waals surface area contributed by atoms with Crippen LogP contribution < -0.4 is 10.1 Å². The highest BCUT2D eigenvalue weighted by Gasteiger charge is 2.33. The van der Waals surface area contributed by atoms with Crippen LogP contribution in [-0.4, -0.2) is 16.8 Å². The van der Waals surface area contributed by atoms with E-state index in [0.29, 0.717) is 16.7 Å². The van der Waals surface area contributed by atoms with Crippen molar-refractivity contribution in [2.45, 2.75) is 20.1 Å². The van der Waals surface area contributed by atoms with Crippen molar-refractivity contribution in [2.75, 3.05) is 0 Å². The zero-order valence-electron chi connectivity index (χ0n) is 17.9. The molecule has 0 unspecified atom stereocenters. The number of urea groups is 1. The highest BCUT2D eigenvalue weighted by molar-refractivity contribution is 14.1. The van der Waals surface area contributed by atoms with Crippen LogP contribution in [0.2, 0.25) is 10.0 Å². The lowest BCUT2D eigenvalue weighted by Gasteiger charge is -2.13. The molecule has 3 aromatic carbocycles. The molecule has 1 heterocycles. The van der Waals surface area contributed by atoms with Crippen molar-refractivity contribution in [1.29, 1.82) is 0 Å². The summed E-state index contributed by atoms with van der Waals surface area (Å²) in [5, 5.41) is 3.80. The third-order valence-corrected chi connectivity index (χ3v) is 7.33. The van der Waals surface area contributed by atoms with Crippen molar-refractivity contribution in [1.82, 2.24) is 10.2 Å². The van der Waals surface area contributed by atoms with E-state index < -0.39 is 6.03 Å². The van der Waals surface area contributed by atoms with Crippen LogP contribution in [0.25, 0.3) is 6.08 Å². The standard InChI is InChI=1S/C25H18Cl2I2N2O3/c1-14-2-4-15(5-3-14)12-31-24(32)22(30-25(31)33)10-16-8-20(28)23(21(29)9-16)34-13-17-6-7-18(26)11-19(17)27/h2-11H,12-13H2,1H3,(H,30,33)/b22-10+. The first kappa shape index (κ1) is 25.3. The number of imide groups is 1. The van der Waals surface area contributed by atoms with Crippen LogP contribution in [0, 0.1) is 14.1 Å². The minimum atomic E-state index is -0.430. The zero-order valence-corrected chi connectivity index (χ0v) is 23.7. The van der Waals surface area contributed by atoms with Crippen molar-refractivity contribution in [3.63, 3.8) is 0 Å². The lowest BCUT2D eigenvalue weighted by molar-refractivity contribution is -0.123. The predicted octanol–water partition coefficient (Wildman–Crippen LogP) is 7.18. The molecule has 1 aliphatic rings. The summed E-state index contributed by atoms with van der Waals surface area (Å²) in [5.74, 6) is 0.366. The van der Waals surface area contributed by atoms with E-state index in [-0.39, 0.29) is 18.1 Å². The summed E-state index contributed by atoms with van der Waals surface area (Å²) in [5.41, 5.74) is 3.87. The second-order valence-corrected chi connectivity index (χ2v) is 10.9. The molecule has 174 valence electrons. The summed E-state index contributed by atoms with van der Waals surface area (Å²) in [6.07, 6.45) is 1.68. The fraction of sp³-hybridized carbons (Fsp3) is 0.120. The molecule has 1 fully saturated rings. The maximum absolute atomic E-state index is 12.9. The zero-order chi connectivity index (χ0) is 24.4. The van der Waals surface area contributed by atoms with Crippen molar-refractivity contribution < 1.29 is 14.3 Å². The molecule has 1 saturated heterocycles. The fourth-order valence-electron chi connectivity index (χ4n) is 3.35. The van der Waals surface area contributed by atoms with Crippen LogP contribution in [0.5, 0.6) is 5.75 Å². The SMILES string of the molecule is Cc1ccc(CN2C(=O)N/C(=C/c3cc(I)c(OCc4ccc(Cl)cc4Cl)c(I)c3)C2=O)cc1. The highest BCUT2D eigenvalue weighted by atomic mass is 127. The summed E-state index contributed by atoms with van der Waals surface area (Å²) >= 11 is 16.6. The second-order valence-electron chi connectivity index (χ2n) is 7.70. The van der Waals surface area contributed by atoms with Crippen LogP contribution >= 0.6 is 68.4 Å². The molecule has 1 N–H and O–H groups in total. The number of ether oxygens (including phenoxy) is 1. The summed E-state index contributed by atoms with van der Waals surface area (Å²) in [7, 11) is 0. The van der Waals surface area contributed by atoms with Gasteiger partial charge in [-0.15, -0.1) is 0 Å². The predicted molar refractivity (Wildman–Crippen MR) is 151 cm³/mol. The number of amides is 3. The number of nitrogens with zero attached hydrogens (tertiary/aromatic N) is 1. The van der Waals surface area contributed by atoms with Crippen molar-refractivity contribution in [3.05, 3.63) is 99.7 Å². The van der Waals surface area contributed by atoms with Gasteiger partial charge < -0.3 is 10.1 Å². The smallest absolute Gasteiger partial charge is 0.329 e. The van der Waals surface area contributed by atoms with Crippen LogP contribution in [-0.2, 0) is 17.9 Å². The first-order valence-corrected chi connectivity index (χ1v) is 13.1. The van der Waals surface area contributed by atoms with Gasteiger partial charge in [-0.25, -0.2) is 4.79 Å². The molecule has 3 amide bonds. The third-order valence-electron chi connectivity index (χ3n) is 5.14. The van der Waals surface area contributed by atoms with Gasteiger partial charge in [-0.2, -0.15) is 0 Å². The number of nitrogens with one attached hydrogen (secondary N) is 1. The van der Waals surface area contributed by atoms with E-state index in [9.17, 15) is 9.59 Å². The Kier molecular flexibility index (Phi) is 8.06. The molecule has 0 aliphatic carbocycles. The lowest BCUT2D eigenvalue weighted by atomic mass is 10.1. The van der Waals surface area contributed by atoms with E-state index in [1.165, 1.54) is 4.90 Å². The van der Waals surface area contributed by atoms with Crippen molar-refractivity contribution in [3.8, 4) is 5.75 Å². The van der Waals surface area contributed by atoms with Gasteiger partial charge in [-0.1, -0.05) is 59.1 Å². The Balaban J connectivity index is 1.50. The van der Waals surface area contributed by atoms with E-state index in [1.54, 1.807) is 18.2 Å². The Morgan fingerprint density at radius 3 is 2.32 bits per heavy atom. The molecule has 5 nitrogen and oxygen atoms in total. The molecule has 0 radical (unpaired) electrons. The number of benzene rings is 3. The summed E-state index contributed by atoms with van der Waals surface area (Å²) < 4.78 is 7.76. The molecule has 0 saturated carbocycles. The number of carbonyl (C=O) groups excluding carboxylic acids is 2. The van der Waals surface area contributed by atoms with Crippen LogP contribution in [0.1, 0.15) is 22.3 Å². The van der Waals surface area contributed by atoms with E-state index in [4.69, 9.17) is 27.9 Å². The quantitative estimate of drug-likeness (QED) is 0.167. The van der Waals surface area contributed by atoms with E-state index in [2.05, 4.69) is 50.5 Å². The van der Waals surface area contributed by atoms with Crippen LogP contribution in [0.4, 0.5) is 4.79 Å². The molecule has 0 atom stereocenters. The molecule has 3 aromatic rings.